The van der Waals surface area contributed by atoms with E-state index in [0.717, 1.165) is 17.9 Å². The van der Waals surface area contributed by atoms with Crippen LogP contribution in [0.25, 0.3) is 0 Å². The molecular formula is C24H27NO2. The highest BCUT2D eigenvalue weighted by Crippen LogP contribution is 2.33. The van der Waals surface area contributed by atoms with Crippen LogP contribution in [0, 0.1) is 5.92 Å². The summed E-state index contributed by atoms with van der Waals surface area (Å²) in [7, 11) is 1.67. The van der Waals surface area contributed by atoms with E-state index >= 15 is 0 Å². The third-order valence-electron chi connectivity index (χ3n) is 5.01. The molecule has 0 aliphatic rings. The highest BCUT2D eigenvalue weighted by atomic mass is 16.5. The lowest BCUT2D eigenvalue weighted by Crippen LogP contribution is -2.30. The summed E-state index contributed by atoms with van der Waals surface area (Å²) in [5.41, 5.74) is 3.30. The molecule has 0 unspecified atom stereocenters. The summed E-state index contributed by atoms with van der Waals surface area (Å²) < 4.78 is 5.23. The van der Waals surface area contributed by atoms with E-state index in [1.54, 1.807) is 7.11 Å². The van der Waals surface area contributed by atoms with Gasteiger partial charge in [0.15, 0.2) is 0 Å². The van der Waals surface area contributed by atoms with E-state index in [9.17, 15) is 5.11 Å². The number of rotatable bonds is 8. The number of aliphatic hydroxyl groups excluding tert-OH is 1. The fourth-order valence-corrected chi connectivity index (χ4v) is 3.37. The number of benzene rings is 3. The minimum atomic E-state index is -0.542. The van der Waals surface area contributed by atoms with Crippen LogP contribution < -0.4 is 10.1 Å². The number of aliphatic hydroxyl groups is 1. The predicted molar refractivity (Wildman–Crippen MR) is 110 cm³/mol. The van der Waals surface area contributed by atoms with Crippen LogP contribution in [0.5, 0.6) is 5.75 Å². The Morgan fingerprint density at radius 2 is 1.37 bits per heavy atom. The molecule has 0 bridgehead atoms. The van der Waals surface area contributed by atoms with Crippen molar-refractivity contribution in [2.45, 2.75) is 25.6 Å². The first-order chi connectivity index (χ1) is 13.2. The molecule has 0 spiro atoms. The van der Waals surface area contributed by atoms with Crippen LogP contribution in [0.15, 0.2) is 84.9 Å². The third-order valence-corrected chi connectivity index (χ3v) is 5.01. The molecule has 0 heterocycles. The summed E-state index contributed by atoms with van der Waals surface area (Å²) in [6.07, 6.45) is -0.542. The van der Waals surface area contributed by atoms with Gasteiger partial charge in [-0.05, 0) is 28.8 Å². The number of hydrogen-bond acceptors (Lipinski definition) is 3. The van der Waals surface area contributed by atoms with Gasteiger partial charge in [-0.15, -0.1) is 0 Å². The summed E-state index contributed by atoms with van der Waals surface area (Å²) in [4.78, 5) is 0. The molecule has 0 saturated carbocycles. The van der Waals surface area contributed by atoms with Gasteiger partial charge in [0.25, 0.3) is 0 Å². The SMILES string of the molecule is COc1ccc(CN[C@@H](c2ccccc2)[C@H](C)[C@@H](O)c2ccccc2)cc1. The number of methoxy groups -OCH3 is 1. The Balaban J connectivity index is 1.78. The summed E-state index contributed by atoms with van der Waals surface area (Å²) in [6.45, 7) is 2.81. The first kappa shape index (κ1) is 19.2. The maximum atomic E-state index is 10.9. The van der Waals surface area contributed by atoms with Crippen LogP contribution in [-0.2, 0) is 6.54 Å². The van der Waals surface area contributed by atoms with Crippen molar-refractivity contribution in [2.24, 2.45) is 5.92 Å². The molecule has 140 valence electrons. The molecule has 3 aromatic rings. The van der Waals surface area contributed by atoms with Crippen LogP contribution in [0.3, 0.4) is 0 Å². The Hall–Kier alpha value is -2.62. The van der Waals surface area contributed by atoms with Crippen LogP contribution in [0.1, 0.15) is 35.8 Å². The summed E-state index contributed by atoms with van der Waals surface area (Å²) in [5, 5.41) is 14.6. The lowest BCUT2D eigenvalue weighted by Gasteiger charge is -2.30. The predicted octanol–water partition coefficient (Wildman–Crippen LogP) is 4.90. The van der Waals surface area contributed by atoms with E-state index in [2.05, 4.69) is 36.5 Å². The number of ether oxygens (including phenoxy) is 1. The Bertz CT molecular complexity index is 803. The average Bonchev–Trinajstić information content (AvgIpc) is 2.75. The molecule has 0 fully saturated rings. The Morgan fingerprint density at radius 3 is 1.93 bits per heavy atom. The molecule has 3 atom stereocenters. The third kappa shape index (κ3) is 4.97. The zero-order chi connectivity index (χ0) is 19.1. The zero-order valence-electron chi connectivity index (χ0n) is 15.9. The number of nitrogens with one attached hydrogen (secondary N) is 1. The van der Waals surface area contributed by atoms with Gasteiger partial charge in [0.2, 0.25) is 0 Å². The molecule has 0 amide bonds. The molecule has 27 heavy (non-hydrogen) atoms. The molecular weight excluding hydrogens is 334 g/mol. The van der Waals surface area contributed by atoms with Gasteiger partial charge < -0.3 is 15.2 Å². The molecule has 0 aliphatic heterocycles. The van der Waals surface area contributed by atoms with Crippen molar-refractivity contribution >= 4 is 0 Å². The summed E-state index contributed by atoms with van der Waals surface area (Å²) in [6, 6.07) is 28.3. The summed E-state index contributed by atoms with van der Waals surface area (Å²) >= 11 is 0. The van der Waals surface area contributed by atoms with Crippen LogP contribution >= 0.6 is 0 Å². The van der Waals surface area contributed by atoms with Crippen LogP contribution in [0.2, 0.25) is 0 Å². The van der Waals surface area contributed by atoms with E-state index in [1.165, 1.54) is 11.1 Å². The lowest BCUT2D eigenvalue weighted by molar-refractivity contribution is 0.0931. The lowest BCUT2D eigenvalue weighted by atomic mass is 9.86. The first-order valence-electron chi connectivity index (χ1n) is 9.33. The van der Waals surface area contributed by atoms with Crippen molar-refractivity contribution in [3.05, 3.63) is 102 Å². The quantitative estimate of drug-likeness (QED) is 0.600. The molecule has 3 nitrogen and oxygen atoms in total. The normalized spacial score (nSPS) is 14.3. The minimum Gasteiger partial charge on any atom is -0.497 e. The second-order valence-electron chi connectivity index (χ2n) is 6.83. The Kier molecular flexibility index (Phi) is 6.64. The number of hydrogen-bond donors (Lipinski definition) is 2. The van der Waals surface area contributed by atoms with Gasteiger partial charge >= 0.3 is 0 Å². The minimum absolute atomic E-state index is 0.00745. The molecule has 0 saturated heterocycles. The van der Waals surface area contributed by atoms with Gasteiger partial charge in [-0.1, -0.05) is 79.7 Å². The van der Waals surface area contributed by atoms with Gasteiger partial charge in [0.1, 0.15) is 5.75 Å². The largest absolute Gasteiger partial charge is 0.497 e. The van der Waals surface area contributed by atoms with Gasteiger partial charge in [-0.2, -0.15) is 0 Å². The smallest absolute Gasteiger partial charge is 0.118 e. The van der Waals surface area contributed by atoms with Crippen molar-refractivity contribution in [3.8, 4) is 5.75 Å². The van der Waals surface area contributed by atoms with Crippen molar-refractivity contribution in [3.63, 3.8) is 0 Å². The molecule has 0 aliphatic carbocycles. The van der Waals surface area contributed by atoms with Crippen molar-refractivity contribution in [1.82, 2.24) is 5.32 Å². The van der Waals surface area contributed by atoms with Gasteiger partial charge in [-0.25, -0.2) is 0 Å². The van der Waals surface area contributed by atoms with E-state index in [4.69, 9.17) is 4.74 Å². The standard InChI is InChI=1S/C24H27NO2/c1-18(24(26)21-11-7-4-8-12-21)23(20-9-5-3-6-10-20)25-17-19-13-15-22(27-2)16-14-19/h3-16,18,23-26H,17H2,1-2H3/t18-,23+,24+/m0/s1. The second-order valence-corrected chi connectivity index (χ2v) is 6.83. The van der Waals surface area contributed by atoms with Crippen molar-refractivity contribution in [2.75, 3.05) is 7.11 Å². The highest BCUT2D eigenvalue weighted by molar-refractivity contribution is 5.28. The van der Waals surface area contributed by atoms with Crippen molar-refractivity contribution in [1.29, 1.82) is 0 Å². The fraction of sp³-hybridized carbons (Fsp3) is 0.250. The molecule has 2 N–H and O–H groups in total. The Morgan fingerprint density at radius 1 is 0.815 bits per heavy atom. The summed E-state index contributed by atoms with van der Waals surface area (Å²) in [5.74, 6) is 0.860. The molecule has 3 rings (SSSR count). The second kappa shape index (κ2) is 9.36. The van der Waals surface area contributed by atoms with Crippen LogP contribution in [-0.4, -0.2) is 12.2 Å². The van der Waals surface area contributed by atoms with Gasteiger partial charge in [0, 0.05) is 18.5 Å². The Labute approximate surface area is 161 Å². The monoisotopic (exact) mass is 361 g/mol. The molecule has 0 radical (unpaired) electrons. The highest BCUT2D eigenvalue weighted by Gasteiger charge is 2.26. The maximum Gasteiger partial charge on any atom is 0.118 e. The average molecular weight is 361 g/mol. The first-order valence-corrected chi connectivity index (χ1v) is 9.33. The topological polar surface area (TPSA) is 41.5 Å². The van der Waals surface area contributed by atoms with E-state index < -0.39 is 6.10 Å². The molecule has 3 heteroatoms. The fourth-order valence-electron chi connectivity index (χ4n) is 3.37. The van der Waals surface area contributed by atoms with Gasteiger partial charge in [0.05, 0.1) is 13.2 Å². The molecule has 3 aromatic carbocycles. The van der Waals surface area contributed by atoms with Gasteiger partial charge in [-0.3, -0.25) is 0 Å². The van der Waals surface area contributed by atoms with E-state index in [1.807, 2.05) is 60.7 Å². The van der Waals surface area contributed by atoms with E-state index in [-0.39, 0.29) is 12.0 Å². The van der Waals surface area contributed by atoms with Crippen molar-refractivity contribution < 1.29 is 9.84 Å². The van der Waals surface area contributed by atoms with Crippen LogP contribution in [0.4, 0.5) is 0 Å². The zero-order valence-corrected chi connectivity index (χ0v) is 15.9. The maximum absolute atomic E-state index is 10.9. The van der Waals surface area contributed by atoms with E-state index in [0.29, 0.717) is 0 Å². The molecule has 0 aromatic heterocycles.